The number of rotatable bonds is 5. The Labute approximate surface area is 177 Å². The van der Waals surface area contributed by atoms with Crippen LogP contribution >= 0.6 is 11.6 Å². The number of pyridine rings is 1. The molecule has 2 aromatic carbocycles. The van der Waals surface area contributed by atoms with E-state index in [1.54, 1.807) is 42.5 Å². The molecular weight excluding hydrogens is 414 g/mol. The lowest BCUT2D eigenvalue weighted by Gasteiger charge is -2.20. The molecule has 2 heterocycles. The highest BCUT2D eigenvalue weighted by Gasteiger charge is 2.23. The van der Waals surface area contributed by atoms with Gasteiger partial charge < -0.3 is 19.8 Å². The molecular formula is C22H19ClF2N2O3. The molecule has 0 radical (unpaired) electrons. The lowest BCUT2D eigenvalue weighted by Crippen LogP contribution is -2.22. The highest BCUT2D eigenvalue weighted by Crippen LogP contribution is 2.38. The molecule has 0 saturated carbocycles. The summed E-state index contributed by atoms with van der Waals surface area (Å²) >= 11 is 6.11. The van der Waals surface area contributed by atoms with E-state index in [0.717, 1.165) is 0 Å². The van der Waals surface area contributed by atoms with Gasteiger partial charge in [-0.2, -0.15) is 8.78 Å². The zero-order valence-corrected chi connectivity index (χ0v) is 16.6. The molecule has 1 aliphatic heterocycles. The highest BCUT2D eigenvalue weighted by atomic mass is 35.5. The van der Waals surface area contributed by atoms with Crippen molar-refractivity contribution in [3.05, 3.63) is 59.6 Å². The second kappa shape index (κ2) is 8.45. The maximum atomic E-state index is 12.9. The van der Waals surface area contributed by atoms with Crippen LogP contribution in [0.15, 0.2) is 54.6 Å². The molecule has 1 atom stereocenters. The van der Waals surface area contributed by atoms with E-state index in [1.165, 1.54) is 12.1 Å². The van der Waals surface area contributed by atoms with Crippen molar-refractivity contribution in [2.45, 2.75) is 19.1 Å². The molecule has 1 aromatic heterocycles. The number of β-amino-alcohol motifs (C(OH)–C–C–N with tert-alkyl or cyclic N) is 1. The quantitative estimate of drug-likeness (QED) is 0.597. The number of aliphatic hydroxyl groups excluding tert-OH is 1. The molecule has 0 bridgehead atoms. The smallest absolute Gasteiger partial charge is 0.387 e. The molecule has 0 amide bonds. The third-order valence-electron chi connectivity index (χ3n) is 4.95. The summed E-state index contributed by atoms with van der Waals surface area (Å²) < 4.78 is 30.5. The average Bonchev–Trinajstić information content (AvgIpc) is 3.16. The SMILES string of the molecule is Oc1ccc(Cl)cc1-c1cc(-c2ccccc2OC(F)F)cc(N2CCC(O)C2)n1. The number of benzene rings is 2. The van der Waals surface area contributed by atoms with Crippen LogP contribution in [0.25, 0.3) is 22.4 Å². The van der Waals surface area contributed by atoms with Crippen molar-refractivity contribution in [1.29, 1.82) is 0 Å². The van der Waals surface area contributed by atoms with E-state index in [1.807, 2.05) is 4.90 Å². The molecule has 0 spiro atoms. The average molecular weight is 433 g/mol. The van der Waals surface area contributed by atoms with Gasteiger partial charge in [-0.05, 0) is 48.4 Å². The van der Waals surface area contributed by atoms with E-state index >= 15 is 0 Å². The van der Waals surface area contributed by atoms with Crippen LogP contribution in [0.5, 0.6) is 11.5 Å². The summed E-state index contributed by atoms with van der Waals surface area (Å²) in [5.74, 6) is 0.589. The maximum Gasteiger partial charge on any atom is 0.387 e. The Kier molecular flexibility index (Phi) is 5.74. The predicted octanol–water partition coefficient (Wildman–Crippen LogP) is 4.95. The number of anilines is 1. The Morgan fingerprint density at radius 1 is 1.10 bits per heavy atom. The molecule has 1 saturated heterocycles. The molecule has 2 N–H and O–H groups in total. The first-order valence-corrected chi connectivity index (χ1v) is 9.76. The fourth-order valence-corrected chi connectivity index (χ4v) is 3.71. The standard InChI is InChI=1S/C22H19ClF2N2O3/c23-14-5-6-19(29)17(11-14)18-9-13(10-21(26-18)27-8-7-15(28)12-27)16-3-1-2-4-20(16)30-22(24)25/h1-6,9-11,15,22,28-29H,7-8,12H2. The van der Waals surface area contributed by atoms with Crippen LogP contribution in [0, 0.1) is 0 Å². The third-order valence-corrected chi connectivity index (χ3v) is 5.18. The van der Waals surface area contributed by atoms with Gasteiger partial charge in [0.1, 0.15) is 17.3 Å². The van der Waals surface area contributed by atoms with Gasteiger partial charge in [0.15, 0.2) is 0 Å². The van der Waals surface area contributed by atoms with Crippen LogP contribution in [0.2, 0.25) is 5.02 Å². The van der Waals surface area contributed by atoms with Crippen LogP contribution in [-0.4, -0.2) is 41.0 Å². The molecule has 1 unspecified atom stereocenters. The fourth-order valence-electron chi connectivity index (χ4n) is 3.54. The van der Waals surface area contributed by atoms with Crippen LogP contribution < -0.4 is 9.64 Å². The van der Waals surface area contributed by atoms with Gasteiger partial charge in [0.05, 0.1) is 11.8 Å². The van der Waals surface area contributed by atoms with Crippen LogP contribution in [0.1, 0.15) is 6.42 Å². The van der Waals surface area contributed by atoms with Gasteiger partial charge in [-0.1, -0.05) is 29.8 Å². The zero-order chi connectivity index (χ0) is 21.3. The summed E-state index contributed by atoms with van der Waals surface area (Å²) in [5.41, 5.74) is 1.89. The Morgan fingerprint density at radius 3 is 2.63 bits per heavy atom. The number of aliphatic hydroxyl groups is 1. The largest absolute Gasteiger partial charge is 0.507 e. The summed E-state index contributed by atoms with van der Waals surface area (Å²) in [5, 5.41) is 20.7. The number of aromatic hydroxyl groups is 1. The van der Waals surface area contributed by atoms with Crippen molar-refractivity contribution in [2.24, 2.45) is 0 Å². The Balaban J connectivity index is 1.88. The van der Waals surface area contributed by atoms with Gasteiger partial charge in [-0.3, -0.25) is 0 Å². The number of para-hydroxylation sites is 1. The number of phenols is 1. The summed E-state index contributed by atoms with van der Waals surface area (Å²) in [7, 11) is 0. The van der Waals surface area contributed by atoms with Gasteiger partial charge in [0.25, 0.3) is 0 Å². The molecule has 3 aromatic rings. The minimum Gasteiger partial charge on any atom is -0.507 e. The molecule has 0 aliphatic carbocycles. The second-order valence-electron chi connectivity index (χ2n) is 7.02. The van der Waals surface area contributed by atoms with Crippen LogP contribution in [-0.2, 0) is 0 Å². The lowest BCUT2D eigenvalue weighted by atomic mass is 10.0. The molecule has 8 heteroatoms. The van der Waals surface area contributed by atoms with Crippen LogP contribution in [0.4, 0.5) is 14.6 Å². The third kappa shape index (κ3) is 4.32. The van der Waals surface area contributed by atoms with Gasteiger partial charge in [0.2, 0.25) is 0 Å². The van der Waals surface area contributed by atoms with Crippen molar-refractivity contribution in [2.75, 3.05) is 18.0 Å². The number of alkyl halides is 2. The van der Waals surface area contributed by atoms with E-state index in [0.29, 0.717) is 52.7 Å². The Bertz CT molecular complexity index is 1060. The van der Waals surface area contributed by atoms with Gasteiger partial charge in [-0.15, -0.1) is 0 Å². The van der Waals surface area contributed by atoms with E-state index in [9.17, 15) is 19.0 Å². The first-order valence-electron chi connectivity index (χ1n) is 9.39. The summed E-state index contributed by atoms with van der Waals surface area (Å²) in [6.07, 6.45) is 0.141. The minimum absolute atomic E-state index is 0.00595. The van der Waals surface area contributed by atoms with Gasteiger partial charge >= 0.3 is 6.61 Å². The Morgan fingerprint density at radius 2 is 1.90 bits per heavy atom. The normalized spacial score (nSPS) is 16.3. The molecule has 30 heavy (non-hydrogen) atoms. The second-order valence-corrected chi connectivity index (χ2v) is 7.46. The first-order chi connectivity index (χ1) is 14.4. The molecule has 1 fully saturated rings. The Hall–Kier alpha value is -2.90. The van der Waals surface area contributed by atoms with E-state index in [2.05, 4.69) is 4.98 Å². The number of nitrogens with zero attached hydrogens (tertiary/aromatic N) is 2. The highest BCUT2D eigenvalue weighted by molar-refractivity contribution is 6.31. The topological polar surface area (TPSA) is 65.8 Å². The van der Waals surface area contributed by atoms with Gasteiger partial charge in [-0.25, -0.2) is 4.98 Å². The van der Waals surface area contributed by atoms with Crippen molar-refractivity contribution in [3.8, 4) is 33.9 Å². The van der Waals surface area contributed by atoms with Crippen molar-refractivity contribution >= 4 is 17.4 Å². The van der Waals surface area contributed by atoms with Crippen LogP contribution in [0.3, 0.4) is 0 Å². The molecule has 5 nitrogen and oxygen atoms in total. The van der Waals surface area contributed by atoms with Crippen molar-refractivity contribution in [3.63, 3.8) is 0 Å². The van der Waals surface area contributed by atoms with E-state index < -0.39 is 12.7 Å². The summed E-state index contributed by atoms with van der Waals surface area (Å²) in [6.45, 7) is -1.95. The number of hydrogen-bond acceptors (Lipinski definition) is 5. The zero-order valence-electron chi connectivity index (χ0n) is 15.8. The maximum absolute atomic E-state index is 12.9. The predicted molar refractivity (Wildman–Crippen MR) is 111 cm³/mol. The minimum atomic E-state index is -2.96. The molecule has 156 valence electrons. The number of aromatic nitrogens is 1. The summed E-state index contributed by atoms with van der Waals surface area (Å²) in [6, 6.07) is 14.6. The molecule has 4 rings (SSSR count). The van der Waals surface area contributed by atoms with Crippen molar-refractivity contribution in [1.82, 2.24) is 4.98 Å². The molecule has 1 aliphatic rings. The first kappa shape index (κ1) is 20.4. The van der Waals surface area contributed by atoms with Gasteiger partial charge in [0, 0.05) is 29.2 Å². The number of phenolic OH excluding ortho intramolecular Hbond substituents is 1. The lowest BCUT2D eigenvalue weighted by molar-refractivity contribution is -0.0494. The number of ether oxygens (including phenoxy) is 1. The van der Waals surface area contributed by atoms with E-state index in [4.69, 9.17) is 16.3 Å². The monoisotopic (exact) mass is 432 g/mol. The number of hydrogen-bond donors (Lipinski definition) is 2. The van der Waals surface area contributed by atoms with Crippen molar-refractivity contribution < 1.29 is 23.7 Å². The summed E-state index contributed by atoms with van der Waals surface area (Å²) in [4.78, 5) is 6.56. The fraction of sp³-hybridized carbons (Fsp3) is 0.227. The van der Waals surface area contributed by atoms with E-state index in [-0.39, 0.29) is 11.5 Å². The number of halogens is 3.